The number of piperidine rings is 1. The molecule has 2 atom stereocenters. The molecule has 0 amide bonds. The molecule has 2 rings (SSSR count). The summed E-state index contributed by atoms with van der Waals surface area (Å²) in [6.45, 7) is 10.6. The Morgan fingerprint density at radius 3 is 2.36 bits per heavy atom. The third-order valence-corrected chi connectivity index (χ3v) is 5.66. The van der Waals surface area contributed by atoms with Gasteiger partial charge in [0.25, 0.3) is 0 Å². The average molecular weight is 309 g/mol. The SMILES string of the molecule is CC(=N)N1CCCC(N)C1COC1CCC(C(C)(C)C)CC1. The number of rotatable bonds is 3. The van der Waals surface area contributed by atoms with E-state index < -0.39 is 0 Å². The van der Waals surface area contributed by atoms with Crippen molar-refractivity contribution in [3.63, 3.8) is 0 Å². The fourth-order valence-corrected chi connectivity index (χ4v) is 4.05. The first-order chi connectivity index (χ1) is 10.3. The molecule has 128 valence electrons. The molecule has 3 N–H and O–H groups in total. The summed E-state index contributed by atoms with van der Waals surface area (Å²) >= 11 is 0. The molecule has 0 aromatic rings. The van der Waals surface area contributed by atoms with Crippen LogP contribution in [0.4, 0.5) is 0 Å². The molecular formula is C18H35N3O. The molecule has 4 heteroatoms. The first kappa shape index (κ1) is 17.7. The van der Waals surface area contributed by atoms with E-state index in [2.05, 4.69) is 25.7 Å². The highest BCUT2D eigenvalue weighted by Crippen LogP contribution is 2.38. The molecule has 1 aliphatic heterocycles. The minimum absolute atomic E-state index is 0.139. The van der Waals surface area contributed by atoms with E-state index in [1.165, 1.54) is 25.7 Å². The van der Waals surface area contributed by atoms with Crippen molar-refractivity contribution in [2.24, 2.45) is 17.1 Å². The molecule has 0 aromatic carbocycles. The van der Waals surface area contributed by atoms with Crippen LogP contribution in [-0.4, -0.2) is 42.1 Å². The standard InChI is InChI=1S/C18H35N3O/c1-13(19)21-11-5-6-16(20)17(21)12-22-15-9-7-14(8-10-15)18(2,3)4/h14-17,19H,5-12,20H2,1-4H3. The molecule has 1 saturated heterocycles. The Hall–Kier alpha value is -0.610. The van der Waals surface area contributed by atoms with Crippen LogP contribution >= 0.6 is 0 Å². The number of nitrogens with two attached hydrogens (primary N) is 1. The summed E-state index contributed by atoms with van der Waals surface area (Å²) in [6, 6.07) is 0.326. The molecule has 1 saturated carbocycles. The van der Waals surface area contributed by atoms with Crippen molar-refractivity contribution in [1.29, 1.82) is 5.41 Å². The summed E-state index contributed by atoms with van der Waals surface area (Å²) in [6.07, 6.45) is 7.43. The molecule has 0 radical (unpaired) electrons. The Kier molecular flexibility index (Phi) is 5.89. The molecule has 4 nitrogen and oxygen atoms in total. The Morgan fingerprint density at radius 2 is 1.82 bits per heavy atom. The van der Waals surface area contributed by atoms with Crippen LogP contribution in [0.1, 0.15) is 66.2 Å². The minimum Gasteiger partial charge on any atom is -0.376 e. The minimum atomic E-state index is 0.139. The summed E-state index contributed by atoms with van der Waals surface area (Å²) in [5.74, 6) is 1.45. The topological polar surface area (TPSA) is 62.3 Å². The third kappa shape index (κ3) is 4.45. The molecule has 2 unspecified atom stereocenters. The number of nitrogens with one attached hydrogen (secondary N) is 1. The van der Waals surface area contributed by atoms with E-state index in [-0.39, 0.29) is 12.1 Å². The van der Waals surface area contributed by atoms with E-state index in [0.717, 1.165) is 25.3 Å². The predicted molar refractivity (Wildman–Crippen MR) is 92.3 cm³/mol. The van der Waals surface area contributed by atoms with Gasteiger partial charge in [0.15, 0.2) is 0 Å². The maximum atomic E-state index is 7.94. The highest BCUT2D eigenvalue weighted by molar-refractivity contribution is 5.76. The van der Waals surface area contributed by atoms with Crippen LogP contribution in [0.3, 0.4) is 0 Å². The zero-order valence-corrected chi connectivity index (χ0v) is 14.9. The van der Waals surface area contributed by atoms with Gasteiger partial charge in [-0.25, -0.2) is 0 Å². The molecular weight excluding hydrogens is 274 g/mol. The first-order valence-electron chi connectivity index (χ1n) is 8.98. The van der Waals surface area contributed by atoms with Crippen molar-refractivity contribution in [3.05, 3.63) is 0 Å². The second-order valence-corrected chi connectivity index (χ2v) is 8.33. The van der Waals surface area contributed by atoms with Crippen LogP contribution in [0, 0.1) is 16.7 Å². The van der Waals surface area contributed by atoms with Crippen molar-refractivity contribution < 1.29 is 4.74 Å². The monoisotopic (exact) mass is 309 g/mol. The van der Waals surface area contributed by atoms with Crippen molar-refractivity contribution in [1.82, 2.24) is 4.90 Å². The highest BCUT2D eigenvalue weighted by atomic mass is 16.5. The fraction of sp³-hybridized carbons (Fsp3) is 0.944. The van der Waals surface area contributed by atoms with Crippen molar-refractivity contribution >= 4 is 5.84 Å². The van der Waals surface area contributed by atoms with Crippen LogP contribution in [-0.2, 0) is 4.74 Å². The van der Waals surface area contributed by atoms with E-state index in [4.69, 9.17) is 15.9 Å². The van der Waals surface area contributed by atoms with Gasteiger partial charge in [0.05, 0.1) is 24.6 Å². The van der Waals surface area contributed by atoms with E-state index in [0.29, 0.717) is 24.0 Å². The smallest absolute Gasteiger partial charge is 0.0929 e. The van der Waals surface area contributed by atoms with Gasteiger partial charge in [-0.1, -0.05) is 20.8 Å². The van der Waals surface area contributed by atoms with Crippen molar-refractivity contribution in [3.8, 4) is 0 Å². The number of hydrogen-bond donors (Lipinski definition) is 2. The van der Waals surface area contributed by atoms with Crippen molar-refractivity contribution in [2.45, 2.75) is 84.4 Å². The van der Waals surface area contributed by atoms with E-state index in [1.807, 2.05) is 6.92 Å². The third-order valence-electron chi connectivity index (χ3n) is 5.66. The second kappa shape index (κ2) is 7.31. The van der Waals surface area contributed by atoms with Gasteiger partial charge in [-0.2, -0.15) is 0 Å². The lowest BCUT2D eigenvalue weighted by atomic mass is 9.72. The van der Waals surface area contributed by atoms with Gasteiger partial charge in [0, 0.05) is 12.6 Å². The van der Waals surface area contributed by atoms with Crippen LogP contribution in [0.25, 0.3) is 0 Å². The fourth-order valence-electron chi connectivity index (χ4n) is 4.05. The summed E-state index contributed by atoms with van der Waals surface area (Å²) in [5.41, 5.74) is 6.71. The molecule has 1 aliphatic carbocycles. The molecule has 0 aromatic heterocycles. The summed E-state index contributed by atoms with van der Waals surface area (Å²) < 4.78 is 6.22. The van der Waals surface area contributed by atoms with E-state index in [1.54, 1.807) is 0 Å². The van der Waals surface area contributed by atoms with Gasteiger partial charge in [-0.3, -0.25) is 5.41 Å². The Labute approximate surface area is 136 Å². The second-order valence-electron chi connectivity index (χ2n) is 8.33. The molecule has 1 heterocycles. The molecule has 0 bridgehead atoms. The average Bonchev–Trinajstić information content (AvgIpc) is 2.45. The zero-order valence-electron chi connectivity index (χ0n) is 14.9. The molecule has 22 heavy (non-hydrogen) atoms. The Bertz CT molecular complexity index is 369. The van der Waals surface area contributed by atoms with E-state index in [9.17, 15) is 0 Å². The van der Waals surface area contributed by atoms with Crippen LogP contribution in [0.2, 0.25) is 0 Å². The summed E-state index contributed by atoms with van der Waals surface area (Å²) in [5, 5.41) is 7.94. The lowest BCUT2D eigenvalue weighted by molar-refractivity contribution is -0.0242. The Morgan fingerprint density at radius 1 is 1.18 bits per heavy atom. The highest BCUT2D eigenvalue weighted by Gasteiger charge is 2.33. The number of nitrogens with zero attached hydrogens (tertiary/aromatic N) is 1. The first-order valence-corrected chi connectivity index (χ1v) is 8.98. The number of amidine groups is 1. The van der Waals surface area contributed by atoms with Gasteiger partial charge in [-0.05, 0) is 56.8 Å². The van der Waals surface area contributed by atoms with E-state index >= 15 is 0 Å². The van der Waals surface area contributed by atoms with Gasteiger partial charge >= 0.3 is 0 Å². The molecule has 2 fully saturated rings. The lowest BCUT2D eigenvalue weighted by Crippen LogP contribution is -2.56. The maximum absolute atomic E-state index is 7.94. The number of hydrogen-bond acceptors (Lipinski definition) is 3. The van der Waals surface area contributed by atoms with Gasteiger partial charge in [-0.15, -0.1) is 0 Å². The predicted octanol–water partition coefficient (Wildman–Crippen LogP) is 3.40. The van der Waals surface area contributed by atoms with Crippen LogP contribution in [0.5, 0.6) is 0 Å². The van der Waals surface area contributed by atoms with Crippen LogP contribution < -0.4 is 5.73 Å². The Balaban J connectivity index is 1.81. The van der Waals surface area contributed by atoms with Gasteiger partial charge < -0.3 is 15.4 Å². The molecule has 0 spiro atoms. The maximum Gasteiger partial charge on any atom is 0.0929 e. The summed E-state index contributed by atoms with van der Waals surface area (Å²) in [4.78, 5) is 2.13. The lowest BCUT2D eigenvalue weighted by Gasteiger charge is -2.42. The van der Waals surface area contributed by atoms with Crippen LogP contribution in [0.15, 0.2) is 0 Å². The summed E-state index contributed by atoms with van der Waals surface area (Å²) in [7, 11) is 0. The quantitative estimate of drug-likeness (QED) is 0.620. The normalized spacial score (nSPS) is 33.8. The van der Waals surface area contributed by atoms with Crippen molar-refractivity contribution in [2.75, 3.05) is 13.2 Å². The van der Waals surface area contributed by atoms with Gasteiger partial charge in [0.2, 0.25) is 0 Å². The number of likely N-dealkylation sites (tertiary alicyclic amines) is 1. The zero-order chi connectivity index (χ0) is 16.3. The largest absolute Gasteiger partial charge is 0.376 e. The van der Waals surface area contributed by atoms with Gasteiger partial charge in [0.1, 0.15) is 0 Å². The molecule has 2 aliphatic rings. The number of ether oxygens (including phenoxy) is 1.